The minimum absolute atomic E-state index is 0.0118. The third-order valence-corrected chi connectivity index (χ3v) is 1.81. The first-order valence-electron chi connectivity index (χ1n) is 4.42. The fourth-order valence-electron chi connectivity index (χ4n) is 1.02. The van der Waals surface area contributed by atoms with Crippen LogP contribution in [0.25, 0.3) is 0 Å². The molecule has 0 aliphatic heterocycles. The first-order chi connectivity index (χ1) is 6.33. The molecule has 0 amide bonds. The molecule has 0 aromatic heterocycles. The summed E-state index contributed by atoms with van der Waals surface area (Å²) in [4.78, 5) is 10.1. The van der Waals surface area contributed by atoms with Crippen LogP contribution in [0.15, 0.2) is 30.3 Å². The lowest BCUT2D eigenvalue weighted by molar-refractivity contribution is -0.110. The van der Waals surface area contributed by atoms with Gasteiger partial charge in [0.1, 0.15) is 6.29 Å². The van der Waals surface area contributed by atoms with E-state index in [0.29, 0.717) is 13.0 Å². The molecule has 13 heavy (non-hydrogen) atoms. The van der Waals surface area contributed by atoms with Crippen LogP contribution in [-0.4, -0.2) is 12.4 Å². The van der Waals surface area contributed by atoms with Crippen molar-refractivity contribution >= 4 is 6.29 Å². The Balaban J connectivity index is 2.30. The second-order valence-electron chi connectivity index (χ2n) is 3.01. The number of benzene rings is 1. The van der Waals surface area contributed by atoms with Gasteiger partial charge in [-0.25, -0.2) is 0 Å². The zero-order chi connectivity index (χ0) is 9.52. The van der Waals surface area contributed by atoms with Crippen molar-refractivity contribution in [3.63, 3.8) is 0 Å². The van der Waals surface area contributed by atoms with Gasteiger partial charge in [-0.05, 0) is 12.5 Å². The van der Waals surface area contributed by atoms with E-state index in [0.717, 1.165) is 11.8 Å². The molecule has 0 radical (unpaired) electrons. The van der Waals surface area contributed by atoms with Gasteiger partial charge in [-0.3, -0.25) is 0 Å². The molecule has 0 N–H and O–H groups in total. The normalized spacial score (nSPS) is 12.4. The SMILES string of the molecule is CC(CC=O)OCc1ccccc1. The Hall–Kier alpha value is -1.15. The lowest BCUT2D eigenvalue weighted by Crippen LogP contribution is -2.08. The zero-order valence-electron chi connectivity index (χ0n) is 7.77. The Kier molecular flexibility index (Phi) is 4.19. The lowest BCUT2D eigenvalue weighted by Gasteiger charge is -2.09. The fourth-order valence-corrected chi connectivity index (χ4v) is 1.02. The van der Waals surface area contributed by atoms with Gasteiger partial charge >= 0.3 is 0 Å². The van der Waals surface area contributed by atoms with E-state index >= 15 is 0 Å². The summed E-state index contributed by atoms with van der Waals surface area (Å²) in [5, 5.41) is 0. The average Bonchev–Trinajstić information content (AvgIpc) is 2.17. The van der Waals surface area contributed by atoms with E-state index in [1.165, 1.54) is 0 Å². The lowest BCUT2D eigenvalue weighted by atomic mass is 10.2. The molecule has 70 valence electrons. The van der Waals surface area contributed by atoms with E-state index < -0.39 is 0 Å². The van der Waals surface area contributed by atoms with Gasteiger partial charge < -0.3 is 9.53 Å². The van der Waals surface area contributed by atoms with E-state index in [2.05, 4.69) is 0 Å². The third-order valence-electron chi connectivity index (χ3n) is 1.81. The van der Waals surface area contributed by atoms with Crippen LogP contribution in [0.5, 0.6) is 0 Å². The van der Waals surface area contributed by atoms with Crippen molar-refractivity contribution in [2.24, 2.45) is 0 Å². The van der Waals surface area contributed by atoms with Gasteiger partial charge in [-0.2, -0.15) is 0 Å². The molecule has 2 heteroatoms. The van der Waals surface area contributed by atoms with Crippen molar-refractivity contribution in [3.8, 4) is 0 Å². The van der Waals surface area contributed by atoms with Gasteiger partial charge in [-0.1, -0.05) is 30.3 Å². The van der Waals surface area contributed by atoms with Crippen LogP contribution in [0, 0.1) is 0 Å². The molecule has 2 nitrogen and oxygen atoms in total. The smallest absolute Gasteiger partial charge is 0.122 e. The van der Waals surface area contributed by atoms with Gasteiger partial charge in [0.2, 0.25) is 0 Å². The van der Waals surface area contributed by atoms with Crippen LogP contribution in [0.3, 0.4) is 0 Å². The molecule has 1 aromatic carbocycles. The number of rotatable bonds is 5. The Bertz CT molecular complexity index is 244. The molecule has 0 aliphatic carbocycles. The van der Waals surface area contributed by atoms with Gasteiger partial charge in [0.15, 0.2) is 0 Å². The number of hydrogen-bond donors (Lipinski definition) is 0. The van der Waals surface area contributed by atoms with Crippen molar-refractivity contribution in [2.45, 2.75) is 26.1 Å². The van der Waals surface area contributed by atoms with Crippen LogP contribution >= 0.6 is 0 Å². The Labute approximate surface area is 78.5 Å². The highest BCUT2D eigenvalue weighted by atomic mass is 16.5. The Morgan fingerprint density at radius 2 is 2.08 bits per heavy atom. The molecular formula is C11H14O2. The quantitative estimate of drug-likeness (QED) is 0.646. The maximum absolute atomic E-state index is 10.1. The van der Waals surface area contributed by atoms with Crippen molar-refractivity contribution in [1.29, 1.82) is 0 Å². The van der Waals surface area contributed by atoms with Crippen LogP contribution in [0.2, 0.25) is 0 Å². The molecule has 0 heterocycles. The van der Waals surface area contributed by atoms with Gasteiger partial charge in [0.05, 0.1) is 12.7 Å². The summed E-state index contributed by atoms with van der Waals surface area (Å²) in [7, 11) is 0. The second-order valence-corrected chi connectivity index (χ2v) is 3.01. The first-order valence-corrected chi connectivity index (χ1v) is 4.42. The summed E-state index contributed by atoms with van der Waals surface area (Å²) < 4.78 is 5.44. The van der Waals surface area contributed by atoms with E-state index in [1.54, 1.807) is 0 Å². The third kappa shape index (κ3) is 3.85. The summed E-state index contributed by atoms with van der Waals surface area (Å²) >= 11 is 0. The first kappa shape index (κ1) is 9.93. The van der Waals surface area contributed by atoms with Crippen LogP contribution in [-0.2, 0) is 16.1 Å². The maximum atomic E-state index is 10.1. The Morgan fingerprint density at radius 3 is 2.69 bits per heavy atom. The van der Waals surface area contributed by atoms with Crippen LogP contribution in [0.4, 0.5) is 0 Å². The molecule has 0 aliphatic rings. The van der Waals surface area contributed by atoms with Crippen molar-refractivity contribution in [1.82, 2.24) is 0 Å². The molecule has 0 spiro atoms. The minimum atomic E-state index is 0.0118. The molecule has 1 aromatic rings. The van der Waals surface area contributed by atoms with Gasteiger partial charge in [0, 0.05) is 6.42 Å². The van der Waals surface area contributed by atoms with Crippen LogP contribution in [0.1, 0.15) is 18.9 Å². The van der Waals surface area contributed by atoms with Crippen molar-refractivity contribution in [3.05, 3.63) is 35.9 Å². The molecule has 1 atom stereocenters. The maximum Gasteiger partial charge on any atom is 0.122 e. The summed E-state index contributed by atoms with van der Waals surface area (Å²) in [6.07, 6.45) is 1.36. The molecule has 0 bridgehead atoms. The predicted octanol–water partition coefficient (Wildman–Crippen LogP) is 2.18. The summed E-state index contributed by atoms with van der Waals surface area (Å²) in [5.74, 6) is 0. The van der Waals surface area contributed by atoms with Crippen LogP contribution < -0.4 is 0 Å². The average molecular weight is 178 g/mol. The monoisotopic (exact) mass is 178 g/mol. The van der Waals surface area contributed by atoms with E-state index in [-0.39, 0.29) is 6.10 Å². The number of ether oxygens (including phenoxy) is 1. The number of carbonyl (C=O) groups excluding carboxylic acids is 1. The molecule has 1 rings (SSSR count). The highest BCUT2D eigenvalue weighted by Crippen LogP contribution is 2.04. The second kappa shape index (κ2) is 5.49. The van der Waals surface area contributed by atoms with E-state index in [4.69, 9.17) is 4.74 Å². The molecule has 0 saturated carbocycles. The van der Waals surface area contributed by atoms with Gasteiger partial charge in [0.25, 0.3) is 0 Å². The van der Waals surface area contributed by atoms with Crippen molar-refractivity contribution < 1.29 is 9.53 Å². The summed E-state index contributed by atoms with van der Waals surface area (Å²) in [5.41, 5.74) is 1.14. The highest BCUT2D eigenvalue weighted by Gasteiger charge is 2.00. The largest absolute Gasteiger partial charge is 0.373 e. The van der Waals surface area contributed by atoms with E-state index in [1.807, 2.05) is 37.3 Å². The Morgan fingerprint density at radius 1 is 1.38 bits per heavy atom. The van der Waals surface area contributed by atoms with Gasteiger partial charge in [-0.15, -0.1) is 0 Å². The zero-order valence-corrected chi connectivity index (χ0v) is 7.77. The standard InChI is InChI=1S/C11H14O2/c1-10(7-8-12)13-9-11-5-3-2-4-6-11/h2-6,8,10H,7,9H2,1H3. The highest BCUT2D eigenvalue weighted by molar-refractivity contribution is 5.49. The van der Waals surface area contributed by atoms with E-state index in [9.17, 15) is 4.79 Å². The molecule has 1 unspecified atom stereocenters. The summed E-state index contributed by atoms with van der Waals surface area (Å²) in [6, 6.07) is 9.94. The number of hydrogen-bond acceptors (Lipinski definition) is 2. The van der Waals surface area contributed by atoms with Crippen molar-refractivity contribution in [2.75, 3.05) is 0 Å². The summed E-state index contributed by atoms with van der Waals surface area (Å²) in [6.45, 7) is 2.48. The fraction of sp³-hybridized carbons (Fsp3) is 0.364. The number of aldehydes is 1. The minimum Gasteiger partial charge on any atom is -0.373 e. The predicted molar refractivity (Wildman–Crippen MR) is 51.4 cm³/mol. The molecule has 0 fully saturated rings. The number of carbonyl (C=O) groups is 1. The molecule has 0 saturated heterocycles. The molecular weight excluding hydrogens is 164 g/mol. The topological polar surface area (TPSA) is 26.3 Å².